The maximum absolute atomic E-state index is 9.53. The fourth-order valence-electron chi connectivity index (χ4n) is 1.26. The molecule has 0 aliphatic rings. The van der Waals surface area contributed by atoms with Gasteiger partial charge in [0.05, 0.1) is 6.61 Å². The van der Waals surface area contributed by atoms with Gasteiger partial charge in [0.15, 0.2) is 11.5 Å². The van der Waals surface area contributed by atoms with Crippen LogP contribution < -0.4 is 10.1 Å². The van der Waals surface area contributed by atoms with Crippen LogP contribution in [0.3, 0.4) is 0 Å². The van der Waals surface area contributed by atoms with Gasteiger partial charge in [-0.25, -0.2) is 0 Å². The van der Waals surface area contributed by atoms with E-state index >= 15 is 0 Å². The van der Waals surface area contributed by atoms with Gasteiger partial charge in [-0.15, -0.1) is 0 Å². The van der Waals surface area contributed by atoms with Gasteiger partial charge in [-0.2, -0.15) is 0 Å². The summed E-state index contributed by atoms with van der Waals surface area (Å²) in [6, 6.07) is 5.66. The molecule has 1 unspecified atom stereocenters. The second-order valence-electron chi connectivity index (χ2n) is 3.60. The highest BCUT2D eigenvalue weighted by atomic mass is 16.5. The summed E-state index contributed by atoms with van der Waals surface area (Å²) in [5.74, 6) is 0.711. The van der Waals surface area contributed by atoms with Crippen molar-refractivity contribution in [1.29, 1.82) is 0 Å². The second-order valence-corrected chi connectivity index (χ2v) is 3.60. The monoisotopic (exact) mass is 221 g/mol. The predicted octanol–water partition coefficient (Wildman–Crippen LogP) is 2.41. The zero-order valence-electron chi connectivity index (χ0n) is 10.0. The topological polar surface area (TPSA) is 41.5 Å². The minimum atomic E-state index is 0.181. The lowest BCUT2D eigenvalue weighted by Gasteiger charge is -2.07. The zero-order valence-corrected chi connectivity index (χ0v) is 10.0. The van der Waals surface area contributed by atoms with E-state index in [4.69, 9.17) is 4.74 Å². The highest BCUT2D eigenvalue weighted by molar-refractivity contribution is 5.55. The standard InChI is InChI=1S/C13H19NO2/c1-4-16-13-9-11(7-8-12(13)15)6-5-10(2)14-3/h5-10,14-15H,4H2,1-3H3/b6-5+. The highest BCUT2D eigenvalue weighted by Crippen LogP contribution is 2.27. The summed E-state index contributed by atoms with van der Waals surface area (Å²) in [6.45, 7) is 4.51. The lowest BCUT2D eigenvalue weighted by molar-refractivity contribution is 0.318. The van der Waals surface area contributed by atoms with Gasteiger partial charge in [0.1, 0.15) is 0 Å². The molecule has 0 saturated heterocycles. The molecule has 0 saturated carbocycles. The molecule has 3 nitrogen and oxygen atoms in total. The molecule has 0 spiro atoms. The van der Waals surface area contributed by atoms with Crippen LogP contribution in [-0.4, -0.2) is 24.8 Å². The first-order chi connectivity index (χ1) is 7.67. The molecule has 0 bridgehead atoms. The number of ether oxygens (including phenoxy) is 1. The number of rotatable bonds is 5. The Morgan fingerprint density at radius 1 is 1.50 bits per heavy atom. The molecule has 0 aromatic heterocycles. The van der Waals surface area contributed by atoms with Crippen LogP contribution in [0.15, 0.2) is 24.3 Å². The molecule has 0 aliphatic heterocycles. The van der Waals surface area contributed by atoms with Crippen LogP contribution in [0.25, 0.3) is 6.08 Å². The molecule has 0 aliphatic carbocycles. The van der Waals surface area contributed by atoms with Gasteiger partial charge in [-0.05, 0) is 38.6 Å². The number of phenols is 1. The molecule has 2 N–H and O–H groups in total. The van der Waals surface area contributed by atoms with Crippen LogP contribution in [0.5, 0.6) is 11.5 Å². The van der Waals surface area contributed by atoms with Gasteiger partial charge in [-0.1, -0.05) is 18.2 Å². The zero-order chi connectivity index (χ0) is 12.0. The van der Waals surface area contributed by atoms with Crippen molar-refractivity contribution < 1.29 is 9.84 Å². The quantitative estimate of drug-likeness (QED) is 0.802. The summed E-state index contributed by atoms with van der Waals surface area (Å²) in [7, 11) is 1.91. The molecule has 16 heavy (non-hydrogen) atoms. The Bertz CT molecular complexity index is 361. The lowest BCUT2D eigenvalue weighted by Crippen LogP contribution is -2.17. The number of hydrogen-bond acceptors (Lipinski definition) is 3. The number of benzene rings is 1. The van der Waals surface area contributed by atoms with Gasteiger partial charge >= 0.3 is 0 Å². The molecule has 1 aromatic carbocycles. The fraction of sp³-hybridized carbons (Fsp3) is 0.385. The van der Waals surface area contributed by atoms with E-state index in [9.17, 15) is 5.11 Å². The second kappa shape index (κ2) is 6.18. The van der Waals surface area contributed by atoms with Crippen molar-refractivity contribution in [2.75, 3.05) is 13.7 Å². The summed E-state index contributed by atoms with van der Waals surface area (Å²) in [6.07, 6.45) is 4.06. The number of phenolic OH excluding ortho intramolecular Hbond substituents is 1. The Hall–Kier alpha value is -1.48. The van der Waals surface area contributed by atoms with Crippen molar-refractivity contribution in [3.05, 3.63) is 29.8 Å². The van der Waals surface area contributed by atoms with E-state index in [-0.39, 0.29) is 5.75 Å². The largest absolute Gasteiger partial charge is 0.504 e. The van der Waals surface area contributed by atoms with Crippen molar-refractivity contribution in [2.24, 2.45) is 0 Å². The first kappa shape index (κ1) is 12.6. The van der Waals surface area contributed by atoms with E-state index in [1.165, 1.54) is 0 Å². The minimum absolute atomic E-state index is 0.181. The van der Waals surface area contributed by atoms with E-state index in [2.05, 4.69) is 18.3 Å². The van der Waals surface area contributed by atoms with Crippen LogP contribution >= 0.6 is 0 Å². The Morgan fingerprint density at radius 2 is 2.25 bits per heavy atom. The summed E-state index contributed by atoms with van der Waals surface area (Å²) in [5.41, 5.74) is 1.02. The Kier molecular flexibility index (Phi) is 4.86. The normalized spacial score (nSPS) is 12.9. The number of nitrogens with one attached hydrogen (secondary N) is 1. The number of hydrogen-bond donors (Lipinski definition) is 2. The Labute approximate surface area is 96.8 Å². The van der Waals surface area contributed by atoms with E-state index in [0.29, 0.717) is 18.4 Å². The molecule has 0 heterocycles. The Balaban J connectivity index is 2.82. The average Bonchev–Trinajstić information content (AvgIpc) is 2.30. The lowest BCUT2D eigenvalue weighted by atomic mass is 10.1. The SMILES string of the molecule is CCOc1cc(/C=C/C(C)NC)ccc1O. The Morgan fingerprint density at radius 3 is 2.88 bits per heavy atom. The number of likely N-dealkylation sites (N-methyl/N-ethyl adjacent to an activating group) is 1. The van der Waals surface area contributed by atoms with Crippen LogP contribution in [0, 0.1) is 0 Å². The smallest absolute Gasteiger partial charge is 0.161 e. The predicted molar refractivity (Wildman–Crippen MR) is 66.8 cm³/mol. The van der Waals surface area contributed by atoms with Crippen LogP contribution in [0.4, 0.5) is 0 Å². The fourth-order valence-corrected chi connectivity index (χ4v) is 1.26. The third-order valence-electron chi connectivity index (χ3n) is 2.32. The number of aromatic hydroxyl groups is 1. The third-order valence-corrected chi connectivity index (χ3v) is 2.32. The first-order valence-corrected chi connectivity index (χ1v) is 5.48. The molecule has 3 heteroatoms. The van der Waals surface area contributed by atoms with Gasteiger partial charge in [0.25, 0.3) is 0 Å². The molecule has 1 atom stereocenters. The molecule has 1 aromatic rings. The molecule has 0 amide bonds. The molecular weight excluding hydrogens is 202 g/mol. The van der Waals surface area contributed by atoms with Crippen molar-refractivity contribution in [1.82, 2.24) is 5.32 Å². The minimum Gasteiger partial charge on any atom is -0.504 e. The summed E-state index contributed by atoms with van der Waals surface area (Å²) in [4.78, 5) is 0. The molecule has 1 rings (SSSR count). The summed E-state index contributed by atoms with van der Waals surface area (Å²) >= 11 is 0. The van der Waals surface area contributed by atoms with E-state index in [0.717, 1.165) is 5.56 Å². The highest BCUT2D eigenvalue weighted by Gasteiger charge is 2.01. The first-order valence-electron chi connectivity index (χ1n) is 5.48. The van der Waals surface area contributed by atoms with Crippen molar-refractivity contribution in [3.63, 3.8) is 0 Å². The molecule has 88 valence electrons. The van der Waals surface area contributed by atoms with Gasteiger partial charge in [0.2, 0.25) is 0 Å². The summed E-state index contributed by atoms with van der Waals surface area (Å²) in [5, 5.41) is 12.6. The van der Waals surface area contributed by atoms with Crippen molar-refractivity contribution >= 4 is 6.08 Å². The third kappa shape index (κ3) is 3.59. The summed E-state index contributed by atoms with van der Waals surface area (Å²) < 4.78 is 5.31. The van der Waals surface area contributed by atoms with Gasteiger partial charge < -0.3 is 15.2 Å². The van der Waals surface area contributed by atoms with Crippen molar-refractivity contribution in [2.45, 2.75) is 19.9 Å². The van der Waals surface area contributed by atoms with Crippen LogP contribution in [0.2, 0.25) is 0 Å². The maximum Gasteiger partial charge on any atom is 0.161 e. The molecular formula is C13H19NO2. The van der Waals surface area contributed by atoms with Gasteiger partial charge in [-0.3, -0.25) is 0 Å². The average molecular weight is 221 g/mol. The van der Waals surface area contributed by atoms with Crippen molar-refractivity contribution in [3.8, 4) is 11.5 Å². The maximum atomic E-state index is 9.53. The molecule has 0 fully saturated rings. The molecule has 0 radical (unpaired) electrons. The van der Waals surface area contributed by atoms with E-state index < -0.39 is 0 Å². The van der Waals surface area contributed by atoms with E-state index in [1.807, 2.05) is 32.2 Å². The van der Waals surface area contributed by atoms with Crippen LogP contribution in [-0.2, 0) is 0 Å². The van der Waals surface area contributed by atoms with Crippen LogP contribution in [0.1, 0.15) is 19.4 Å². The van der Waals surface area contributed by atoms with Gasteiger partial charge in [0, 0.05) is 6.04 Å². The van der Waals surface area contributed by atoms with E-state index in [1.54, 1.807) is 6.07 Å².